The smallest absolute Gasteiger partial charge is 0.341 e. The molecule has 2 amide bonds. The minimum atomic E-state index is -4.44. The largest absolute Gasteiger partial charge is 0.406 e. The van der Waals surface area contributed by atoms with Crippen molar-refractivity contribution in [2.24, 2.45) is 11.7 Å². The summed E-state index contributed by atoms with van der Waals surface area (Å²) >= 11 is 0. The molecule has 2 unspecified atom stereocenters. The maximum absolute atomic E-state index is 12.2. The van der Waals surface area contributed by atoms with Crippen LogP contribution in [0.1, 0.15) is 13.3 Å². The van der Waals surface area contributed by atoms with Crippen LogP contribution in [-0.2, 0) is 9.59 Å². The molecule has 20 heavy (non-hydrogen) atoms. The molecule has 0 aromatic rings. The lowest BCUT2D eigenvalue weighted by Crippen LogP contribution is -2.43. The minimum absolute atomic E-state index is 0. The molecule has 0 radical (unpaired) electrons. The molecular weight excluding hydrogens is 299 g/mol. The number of halogens is 4. The van der Waals surface area contributed by atoms with Crippen LogP contribution < -0.4 is 5.73 Å². The van der Waals surface area contributed by atoms with Crippen molar-refractivity contribution in [1.82, 2.24) is 9.80 Å². The fourth-order valence-electron chi connectivity index (χ4n) is 1.97. The van der Waals surface area contributed by atoms with Crippen molar-refractivity contribution in [2.45, 2.75) is 25.6 Å². The molecule has 0 saturated carbocycles. The lowest BCUT2D eigenvalue weighted by molar-refractivity contribution is -0.157. The number of amides is 2. The van der Waals surface area contributed by atoms with Crippen LogP contribution in [0.3, 0.4) is 0 Å². The second kappa shape index (κ2) is 7.12. The van der Waals surface area contributed by atoms with E-state index < -0.39 is 24.5 Å². The zero-order valence-electron chi connectivity index (χ0n) is 11.3. The van der Waals surface area contributed by atoms with Crippen LogP contribution in [0.25, 0.3) is 0 Å². The van der Waals surface area contributed by atoms with Gasteiger partial charge in [-0.15, -0.1) is 12.4 Å². The summed E-state index contributed by atoms with van der Waals surface area (Å²) in [5, 5.41) is 0. The fraction of sp³-hybridized carbons (Fsp3) is 0.818. The van der Waals surface area contributed by atoms with Gasteiger partial charge in [0, 0.05) is 32.6 Å². The number of nitrogens with zero attached hydrogens (tertiary/aromatic N) is 2. The molecule has 1 rings (SSSR count). The molecule has 5 nitrogen and oxygen atoms in total. The highest BCUT2D eigenvalue weighted by Crippen LogP contribution is 2.25. The molecule has 2 atom stereocenters. The van der Waals surface area contributed by atoms with Crippen molar-refractivity contribution in [2.75, 3.05) is 26.7 Å². The van der Waals surface area contributed by atoms with Gasteiger partial charge in [-0.05, 0) is 6.92 Å². The molecule has 0 aliphatic carbocycles. The Bertz CT molecular complexity index is 365. The number of carbonyl (C=O) groups excluding carboxylic acids is 2. The molecule has 2 N–H and O–H groups in total. The van der Waals surface area contributed by atoms with Gasteiger partial charge in [0.25, 0.3) is 0 Å². The van der Waals surface area contributed by atoms with Gasteiger partial charge < -0.3 is 15.5 Å². The summed E-state index contributed by atoms with van der Waals surface area (Å²) in [5.41, 5.74) is 5.43. The SMILES string of the molecule is CC(CN)N(C)C(=O)C1CC(=O)N(CC(F)(F)F)C1.Cl. The Kier molecular flexibility index (Phi) is 6.76. The quantitative estimate of drug-likeness (QED) is 0.827. The van der Waals surface area contributed by atoms with Crippen molar-refractivity contribution in [1.29, 1.82) is 0 Å². The zero-order chi connectivity index (χ0) is 14.8. The Morgan fingerprint density at radius 2 is 2.10 bits per heavy atom. The third kappa shape index (κ3) is 4.82. The Hall–Kier alpha value is -1.02. The molecule has 0 aromatic carbocycles. The van der Waals surface area contributed by atoms with Gasteiger partial charge in [0.2, 0.25) is 11.8 Å². The molecule has 1 saturated heterocycles. The van der Waals surface area contributed by atoms with Crippen LogP contribution in [0.15, 0.2) is 0 Å². The van der Waals surface area contributed by atoms with E-state index in [1.807, 2.05) is 0 Å². The highest BCUT2D eigenvalue weighted by Gasteiger charge is 2.41. The van der Waals surface area contributed by atoms with E-state index >= 15 is 0 Å². The van der Waals surface area contributed by atoms with Gasteiger partial charge in [-0.1, -0.05) is 0 Å². The van der Waals surface area contributed by atoms with Crippen molar-refractivity contribution < 1.29 is 22.8 Å². The molecular formula is C11H19ClF3N3O2. The second-order valence-electron chi connectivity index (χ2n) is 4.82. The van der Waals surface area contributed by atoms with Crippen LogP contribution in [-0.4, -0.2) is 60.5 Å². The van der Waals surface area contributed by atoms with Gasteiger partial charge in [0.1, 0.15) is 6.54 Å². The van der Waals surface area contributed by atoms with Crippen LogP contribution in [0, 0.1) is 5.92 Å². The van der Waals surface area contributed by atoms with Gasteiger partial charge >= 0.3 is 6.18 Å². The first-order valence-corrected chi connectivity index (χ1v) is 5.97. The summed E-state index contributed by atoms with van der Waals surface area (Å²) in [4.78, 5) is 25.5. The Morgan fingerprint density at radius 3 is 2.55 bits per heavy atom. The number of rotatable bonds is 4. The number of alkyl halides is 3. The molecule has 9 heteroatoms. The van der Waals surface area contributed by atoms with Crippen LogP contribution in [0.5, 0.6) is 0 Å². The van der Waals surface area contributed by atoms with Gasteiger partial charge in [-0.3, -0.25) is 9.59 Å². The van der Waals surface area contributed by atoms with E-state index in [9.17, 15) is 22.8 Å². The van der Waals surface area contributed by atoms with Crippen LogP contribution >= 0.6 is 12.4 Å². The molecule has 0 bridgehead atoms. The Labute approximate surface area is 121 Å². The van der Waals surface area contributed by atoms with Crippen molar-refractivity contribution in [3.8, 4) is 0 Å². The first kappa shape index (κ1) is 19.0. The third-order valence-electron chi connectivity index (χ3n) is 3.28. The maximum Gasteiger partial charge on any atom is 0.406 e. The zero-order valence-corrected chi connectivity index (χ0v) is 12.1. The lowest BCUT2D eigenvalue weighted by Gasteiger charge is -2.26. The third-order valence-corrected chi connectivity index (χ3v) is 3.28. The maximum atomic E-state index is 12.2. The number of carbonyl (C=O) groups is 2. The van der Waals surface area contributed by atoms with E-state index in [1.165, 1.54) is 11.9 Å². The summed E-state index contributed by atoms with van der Waals surface area (Å²) in [7, 11) is 1.54. The first-order chi connectivity index (χ1) is 8.65. The number of nitrogens with two attached hydrogens (primary N) is 1. The van der Waals surface area contributed by atoms with E-state index in [0.29, 0.717) is 4.90 Å². The standard InChI is InChI=1S/C11H18F3N3O2.ClH/c1-7(4-15)16(2)10(19)8-3-9(18)17(5-8)6-11(12,13)14;/h7-8H,3-6,15H2,1-2H3;1H. The molecule has 0 aromatic heterocycles. The van der Waals surface area contributed by atoms with Gasteiger partial charge in [0.05, 0.1) is 5.92 Å². The highest BCUT2D eigenvalue weighted by molar-refractivity contribution is 5.89. The van der Waals surface area contributed by atoms with Crippen molar-refractivity contribution in [3.63, 3.8) is 0 Å². The van der Waals surface area contributed by atoms with E-state index in [-0.39, 0.29) is 43.9 Å². The van der Waals surface area contributed by atoms with E-state index in [4.69, 9.17) is 5.73 Å². The second-order valence-corrected chi connectivity index (χ2v) is 4.82. The van der Waals surface area contributed by atoms with Crippen LogP contribution in [0.4, 0.5) is 13.2 Å². The predicted octanol–water partition coefficient (Wildman–Crippen LogP) is 0.625. The molecule has 1 fully saturated rings. The number of hydrogen-bond acceptors (Lipinski definition) is 3. The molecule has 1 aliphatic rings. The van der Waals surface area contributed by atoms with E-state index in [0.717, 1.165) is 0 Å². The Morgan fingerprint density at radius 1 is 1.55 bits per heavy atom. The monoisotopic (exact) mass is 317 g/mol. The van der Waals surface area contributed by atoms with Gasteiger partial charge in [0.15, 0.2) is 0 Å². The van der Waals surface area contributed by atoms with E-state index in [1.54, 1.807) is 6.92 Å². The molecule has 1 heterocycles. The fourth-order valence-corrected chi connectivity index (χ4v) is 1.97. The summed E-state index contributed by atoms with van der Waals surface area (Å²) in [6, 6.07) is -0.209. The topological polar surface area (TPSA) is 66.6 Å². The molecule has 118 valence electrons. The average Bonchev–Trinajstić information content (AvgIpc) is 2.65. The summed E-state index contributed by atoms with van der Waals surface area (Å²) < 4.78 is 36.7. The number of likely N-dealkylation sites (tertiary alicyclic amines) is 1. The predicted molar refractivity (Wildman–Crippen MR) is 69.3 cm³/mol. The lowest BCUT2D eigenvalue weighted by atomic mass is 10.1. The number of hydrogen-bond donors (Lipinski definition) is 1. The highest BCUT2D eigenvalue weighted by atomic mass is 35.5. The van der Waals surface area contributed by atoms with E-state index in [2.05, 4.69) is 0 Å². The number of likely N-dealkylation sites (N-methyl/N-ethyl adjacent to an activating group) is 1. The van der Waals surface area contributed by atoms with Gasteiger partial charge in [-0.25, -0.2) is 0 Å². The summed E-state index contributed by atoms with van der Waals surface area (Å²) in [5.74, 6) is -1.69. The summed E-state index contributed by atoms with van der Waals surface area (Å²) in [6.07, 6.45) is -4.61. The van der Waals surface area contributed by atoms with Crippen molar-refractivity contribution in [3.05, 3.63) is 0 Å². The summed E-state index contributed by atoms with van der Waals surface area (Å²) in [6.45, 7) is 0.516. The average molecular weight is 318 g/mol. The molecule has 0 spiro atoms. The van der Waals surface area contributed by atoms with Crippen LogP contribution in [0.2, 0.25) is 0 Å². The van der Waals surface area contributed by atoms with Gasteiger partial charge in [-0.2, -0.15) is 13.2 Å². The first-order valence-electron chi connectivity index (χ1n) is 5.97. The molecule has 1 aliphatic heterocycles. The minimum Gasteiger partial charge on any atom is -0.341 e. The van der Waals surface area contributed by atoms with Crippen molar-refractivity contribution >= 4 is 24.2 Å². The Balaban J connectivity index is 0.00000361. The normalized spacial score (nSPS) is 20.6.